The van der Waals surface area contributed by atoms with Crippen molar-refractivity contribution in [2.24, 2.45) is 5.14 Å². The molecule has 7 nitrogen and oxygen atoms in total. The van der Waals surface area contributed by atoms with Crippen molar-refractivity contribution in [2.45, 2.75) is 11.8 Å². The van der Waals surface area contributed by atoms with Crippen molar-refractivity contribution in [1.29, 1.82) is 0 Å². The molecule has 0 spiro atoms. The first-order valence-electron chi connectivity index (χ1n) is 7.40. The van der Waals surface area contributed by atoms with Gasteiger partial charge in [0.1, 0.15) is 5.82 Å². The van der Waals surface area contributed by atoms with E-state index in [1.54, 1.807) is 24.3 Å². The molecule has 0 aliphatic rings. The molecule has 0 aliphatic heterocycles. The van der Waals surface area contributed by atoms with Crippen LogP contribution in [0.1, 0.15) is 16.1 Å². The fourth-order valence-electron chi connectivity index (χ4n) is 2.43. The van der Waals surface area contributed by atoms with E-state index in [1.807, 2.05) is 6.92 Å². The van der Waals surface area contributed by atoms with Crippen LogP contribution in [-0.4, -0.2) is 29.3 Å². The summed E-state index contributed by atoms with van der Waals surface area (Å²) in [6, 6.07) is 11.1. The van der Waals surface area contributed by atoms with E-state index in [2.05, 4.69) is 5.10 Å². The SMILES string of the molecule is Cc1ccc(-n2nc(-c3cc(S(N)(=O)=O)ccc3F)cc2C(=O)O)cc1. The number of benzene rings is 2. The first kappa shape index (κ1) is 17.8. The van der Waals surface area contributed by atoms with Crippen molar-refractivity contribution in [1.82, 2.24) is 9.78 Å². The van der Waals surface area contributed by atoms with Crippen LogP contribution < -0.4 is 5.14 Å². The predicted molar refractivity (Wildman–Crippen MR) is 92.0 cm³/mol. The number of nitrogens with zero attached hydrogens (tertiary/aromatic N) is 2. The summed E-state index contributed by atoms with van der Waals surface area (Å²) in [7, 11) is -4.04. The molecule has 0 saturated heterocycles. The zero-order valence-electron chi connectivity index (χ0n) is 13.5. The van der Waals surface area contributed by atoms with E-state index in [0.29, 0.717) is 5.69 Å². The van der Waals surface area contributed by atoms with Gasteiger partial charge in [-0.05, 0) is 43.3 Å². The van der Waals surface area contributed by atoms with E-state index in [9.17, 15) is 22.7 Å². The summed E-state index contributed by atoms with van der Waals surface area (Å²) in [5.41, 5.74) is 1.08. The standard InChI is InChI=1S/C17H14FN3O4S/c1-10-2-4-11(5-3-10)21-16(17(22)23)9-15(20-21)13-8-12(26(19,24)25)6-7-14(13)18/h2-9H,1H3,(H,22,23)(H2,19,24,25). The number of carboxylic acid groups (broad SMARTS) is 1. The molecule has 3 aromatic rings. The second-order valence-electron chi connectivity index (χ2n) is 5.65. The second-order valence-corrected chi connectivity index (χ2v) is 7.22. The predicted octanol–water partition coefficient (Wildman–Crippen LogP) is 2.33. The van der Waals surface area contributed by atoms with Crippen LogP contribution in [0.4, 0.5) is 4.39 Å². The van der Waals surface area contributed by atoms with Gasteiger partial charge >= 0.3 is 5.97 Å². The molecule has 2 aromatic carbocycles. The lowest BCUT2D eigenvalue weighted by Crippen LogP contribution is -2.12. The fraction of sp³-hybridized carbons (Fsp3) is 0.0588. The van der Waals surface area contributed by atoms with Gasteiger partial charge in [0.15, 0.2) is 5.69 Å². The molecular formula is C17H14FN3O4S. The van der Waals surface area contributed by atoms with Gasteiger partial charge in [-0.2, -0.15) is 5.10 Å². The molecule has 0 atom stereocenters. The number of aryl methyl sites for hydroxylation is 1. The molecule has 0 radical (unpaired) electrons. The van der Waals surface area contributed by atoms with Gasteiger partial charge in [-0.15, -0.1) is 0 Å². The monoisotopic (exact) mass is 375 g/mol. The molecule has 0 fully saturated rings. The second kappa shape index (κ2) is 6.36. The van der Waals surface area contributed by atoms with Crippen molar-refractivity contribution in [3.05, 3.63) is 65.6 Å². The van der Waals surface area contributed by atoms with Crippen LogP contribution in [0.3, 0.4) is 0 Å². The molecule has 9 heteroatoms. The van der Waals surface area contributed by atoms with Crippen LogP contribution in [0, 0.1) is 12.7 Å². The summed E-state index contributed by atoms with van der Waals surface area (Å²) in [6.07, 6.45) is 0. The van der Waals surface area contributed by atoms with E-state index in [4.69, 9.17) is 5.14 Å². The third-order valence-corrected chi connectivity index (χ3v) is 4.66. The van der Waals surface area contributed by atoms with Crippen LogP contribution in [0.5, 0.6) is 0 Å². The summed E-state index contributed by atoms with van der Waals surface area (Å²) in [5.74, 6) is -2.00. The van der Waals surface area contributed by atoms with Gasteiger partial charge < -0.3 is 5.11 Å². The quantitative estimate of drug-likeness (QED) is 0.726. The van der Waals surface area contributed by atoms with E-state index in [-0.39, 0.29) is 21.8 Å². The van der Waals surface area contributed by atoms with Gasteiger partial charge in [0.25, 0.3) is 0 Å². The molecule has 1 aromatic heterocycles. The average molecular weight is 375 g/mol. The Morgan fingerprint density at radius 2 is 1.81 bits per heavy atom. The topological polar surface area (TPSA) is 115 Å². The van der Waals surface area contributed by atoms with Crippen LogP contribution >= 0.6 is 0 Å². The van der Waals surface area contributed by atoms with Crippen LogP contribution in [0.25, 0.3) is 16.9 Å². The van der Waals surface area contributed by atoms with Crippen molar-refractivity contribution >= 4 is 16.0 Å². The highest BCUT2D eigenvalue weighted by Crippen LogP contribution is 2.26. The van der Waals surface area contributed by atoms with Crippen LogP contribution in [-0.2, 0) is 10.0 Å². The Hall–Kier alpha value is -3.04. The summed E-state index contributed by atoms with van der Waals surface area (Å²) in [5, 5.41) is 18.6. The number of rotatable bonds is 4. The Bertz CT molecular complexity index is 1110. The van der Waals surface area contributed by atoms with Gasteiger partial charge in [-0.3, -0.25) is 0 Å². The van der Waals surface area contributed by atoms with Crippen molar-refractivity contribution < 1.29 is 22.7 Å². The number of aromatic carboxylic acids is 1. The maximum atomic E-state index is 14.2. The van der Waals surface area contributed by atoms with E-state index in [1.165, 1.54) is 6.07 Å². The molecule has 0 saturated carbocycles. The van der Waals surface area contributed by atoms with Crippen LogP contribution in [0.2, 0.25) is 0 Å². The normalized spacial score (nSPS) is 11.5. The van der Waals surface area contributed by atoms with Gasteiger partial charge in [0.2, 0.25) is 10.0 Å². The average Bonchev–Trinajstić information content (AvgIpc) is 3.00. The first-order chi connectivity index (χ1) is 12.2. The number of primary sulfonamides is 1. The third kappa shape index (κ3) is 3.35. The van der Waals surface area contributed by atoms with Crippen LogP contribution in [0.15, 0.2) is 53.4 Å². The van der Waals surface area contributed by atoms with E-state index >= 15 is 0 Å². The number of hydrogen-bond donors (Lipinski definition) is 2. The minimum atomic E-state index is -4.04. The van der Waals surface area contributed by atoms with Crippen molar-refractivity contribution in [3.8, 4) is 16.9 Å². The summed E-state index contributed by atoms with van der Waals surface area (Å²) < 4.78 is 38.4. The Morgan fingerprint density at radius 3 is 2.38 bits per heavy atom. The minimum absolute atomic E-state index is 0.0222. The molecule has 3 N–H and O–H groups in total. The number of aromatic nitrogens is 2. The number of carboxylic acids is 1. The lowest BCUT2D eigenvalue weighted by molar-refractivity contribution is 0.0687. The molecular weight excluding hydrogens is 361 g/mol. The van der Waals surface area contributed by atoms with Gasteiger partial charge in [0.05, 0.1) is 16.3 Å². The largest absolute Gasteiger partial charge is 0.477 e. The maximum absolute atomic E-state index is 14.2. The highest BCUT2D eigenvalue weighted by Gasteiger charge is 2.20. The fourth-order valence-corrected chi connectivity index (χ4v) is 2.97. The first-order valence-corrected chi connectivity index (χ1v) is 8.94. The van der Waals surface area contributed by atoms with Gasteiger partial charge in [0, 0.05) is 5.56 Å². The number of sulfonamides is 1. The minimum Gasteiger partial charge on any atom is -0.477 e. The summed E-state index contributed by atoms with van der Waals surface area (Å²) in [6.45, 7) is 1.88. The van der Waals surface area contributed by atoms with E-state index in [0.717, 1.165) is 28.4 Å². The molecule has 1 heterocycles. The Kier molecular flexibility index (Phi) is 4.34. The Labute approximate surface area is 148 Å². The number of hydrogen-bond acceptors (Lipinski definition) is 4. The third-order valence-electron chi connectivity index (χ3n) is 3.75. The summed E-state index contributed by atoms with van der Waals surface area (Å²) >= 11 is 0. The molecule has 0 amide bonds. The lowest BCUT2D eigenvalue weighted by Gasteiger charge is -2.05. The van der Waals surface area contributed by atoms with Crippen molar-refractivity contribution in [3.63, 3.8) is 0 Å². The molecule has 134 valence electrons. The number of nitrogens with two attached hydrogens (primary N) is 1. The molecule has 26 heavy (non-hydrogen) atoms. The molecule has 0 bridgehead atoms. The van der Waals surface area contributed by atoms with E-state index < -0.39 is 21.8 Å². The van der Waals surface area contributed by atoms with Gasteiger partial charge in [-0.25, -0.2) is 27.4 Å². The zero-order valence-corrected chi connectivity index (χ0v) is 14.4. The lowest BCUT2D eigenvalue weighted by atomic mass is 10.1. The summed E-state index contributed by atoms with van der Waals surface area (Å²) in [4.78, 5) is 11.3. The smallest absolute Gasteiger partial charge is 0.354 e. The number of carbonyl (C=O) groups is 1. The Morgan fingerprint density at radius 1 is 1.15 bits per heavy atom. The maximum Gasteiger partial charge on any atom is 0.354 e. The highest BCUT2D eigenvalue weighted by atomic mass is 32.2. The van der Waals surface area contributed by atoms with Crippen molar-refractivity contribution in [2.75, 3.05) is 0 Å². The highest BCUT2D eigenvalue weighted by molar-refractivity contribution is 7.89. The Balaban J connectivity index is 2.20. The molecule has 0 aliphatic carbocycles. The van der Waals surface area contributed by atoms with Gasteiger partial charge in [-0.1, -0.05) is 17.7 Å². The number of halogens is 1. The molecule has 3 rings (SSSR count). The molecule has 0 unspecified atom stereocenters. The zero-order chi connectivity index (χ0) is 19.1.